The van der Waals surface area contributed by atoms with Crippen molar-refractivity contribution in [1.82, 2.24) is 5.43 Å². The Balaban J connectivity index is 1.68. The van der Waals surface area contributed by atoms with E-state index in [0.717, 1.165) is 16.1 Å². The van der Waals surface area contributed by atoms with E-state index in [9.17, 15) is 13.2 Å². The molecule has 3 aromatic carbocycles. The maximum Gasteiger partial charge on any atom is 0.263 e. The zero-order chi connectivity index (χ0) is 25.3. The largest absolute Gasteiger partial charge is 0.490 e. The molecule has 1 amide bonds. The highest BCUT2D eigenvalue weighted by molar-refractivity contribution is 7.92. The Morgan fingerprint density at radius 2 is 1.66 bits per heavy atom. The Hall–Kier alpha value is -3.85. The molecule has 8 nitrogen and oxygen atoms in total. The molecule has 0 aliphatic carbocycles. The van der Waals surface area contributed by atoms with E-state index >= 15 is 0 Å². The van der Waals surface area contributed by atoms with Crippen LogP contribution in [0, 0.1) is 0 Å². The number of carbonyl (C=O) groups is 1. The first kappa shape index (κ1) is 25.8. The van der Waals surface area contributed by atoms with E-state index < -0.39 is 22.0 Å². The Labute approximate surface area is 206 Å². The van der Waals surface area contributed by atoms with Crippen LogP contribution in [0.15, 0.2) is 84.0 Å². The first-order chi connectivity index (χ1) is 16.8. The van der Waals surface area contributed by atoms with Gasteiger partial charge in [0.15, 0.2) is 11.5 Å². The normalized spacial score (nSPS) is 12.2. The first-order valence-corrected chi connectivity index (χ1v) is 13.0. The van der Waals surface area contributed by atoms with Gasteiger partial charge in [-0.25, -0.2) is 13.8 Å². The summed E-state index contributed by atoms with van der Waals surface area (Å²) in [7, 11) is -3.69. The Morgan fingerprint density at radius 3 is 2.29 bits per heavy atom. The van der Waals surface area contributed by atoms with Crippen molar-refractivity contribution in [3.8, 4) is 11.5 Å². The van der Waals surface area contributed by atoms with Crippen LogP contribution in [0.3, 0.4) is 0 Å². The number of rotatable bonds is 11. The van der Waals surface area contributed by atoms with Crippen LogP contribution in [-0.4, -0.2) is 39.4 Å². The first-order valence-electron chi connectivity index (χ1n) is 11.1. The van der Waals surface area contributed by atoms with Gasteiger partial charge in [-0.3, -0.25) is 9.10 Å². The van der Waals surface area contributed by atoms with Crippen molar-refractivity contribution in [3.63, 3.8) is 0 Å². The summed E-state index contributed by atoms with van der Waals surface area (Å²) < 4.78 is 37.3. The lowest BCUT2D eigenvalue weighted by atomic mass is 10.2. The van der Waals surface area contributed by atoms with Crippen LogP contribution in [0.1, 0.15) is 25.0 Å². The van der Waals surface area contributed by atoms with Crippen LogP contribution in [0.5, 0.6) is 11.5 Å². The number of nitrogens with one attached hydrogen (secondary N) is 1. The van der Waals surface area contributed by atoms with E-state index in [-0.39, 0.29) is 0 Å². The number of ether oxygens (including phenoxy) is 2. The van der Waals surface area contributed by atoms with Crippen LogP contribution in [-0.2, 0) is 21.4 Å². The monoisotopic (exact) mass is 495 g/mol. The predicted octanol–water partition coefficient (Wildman–Crippen LogP) is 3.97. The molecule has 3 rings (SSSR count). The minimum Gasteiger partial charge on any atom is -0.490 e. The van der Waals surface area contributed by atoms with E-state index in [1.54, 1.807) is 48.5 Å². The quantitative estimate of drug-likeness (QED) is 0.321. The lowest BCUT2D eigenvalue weighted by Crippen LogP contribution is -2.46. The lowest BCUT2D eigenvalue weighted by Gasteiger charge is -2.27. The second kappa shape index (κ2) is 12.0. The standard InChI is InChI=1S/C26H29N3O5S/c1-4-33-25-17-22(15-16-24(25)34-19-21-11-7-5-8-12-21)18-27-28-26(30)20(2)29(35(3,31)32)23-13-9-6-10-14-23/h5-18,20H,4,19H2,1-3H3,(H,28,30)/b27-18+. The van der Waals surface area contributed by atoms with Crippen molar-refractivity contribution in [3.05, 3.63) is 90.0 Å². The summed E-state index contributed by atoms with van der Waals surface area (Å²) in [6, 6.07) is 22.6. The van der Waals surface area contributed by atoms with E-state index in [0.29, 0.717) is 36.0 Å². The van der Waals surface area contributed by atoms with Gasteiger partial charge >= 0.3 is 0 Å². The molecule has 9 heteroatoms. The van der Waals surface area contributed by atoms with Gasteiger partial charge in [0.2, 0.25) is 10.0 Å². The molecule has 0 aromatic heterocycles. The van der Waals surface area contributed by atoms with Crippen LogP contribution in [0.25, 0.3) is 0 Å². The number of hydrogen-bond acceptors (Lipinski definition) is 6. The predicted molar refractivity (Wildman–Crippen MR) is 137 cm³/mol. The van der Waals surface area contributed by atoms with Crippen LogP contribution < -0.4 is 19.2 Å². The van der Waals surface area contributed by atoms with E-state index in [1.807, 2.05) is 37.3 Å². The Morgan fingerprint density at radius 1 is 1.00 bits per heavy atom. The van der Waals surface area contributed by atoms with Crippen molar-refractivity contribution in [2.75, 3.05) is 17.2 Å². The molecule has 3 aromatic rings. The fourth-order valence-electron chi connectivity index (χ4n) is 3.38. The molecule has 0 fully saturated rings. The number of nitrogens with zero attached hydrogens (tertiary/aromatic N) is 2. The molecule has 1 N–H and O–H groups in total. The van der Waals surface area contributed by atoms with Crippen LogP contribution in [0.4, 0.5) is 5.69 Å². The third-order valence-electron chi connectivity index (χ3n) is 4.99. The summed E-state index contributed by atoms with van der Waals surface area (Å²) >= 11 is 0. The number of hydrazone groups is 1. The van der Waals surface area contributed by atoms with Gasteiger partial charge < -0.3 is 9.47 Å². The summed E-state index contributed by atoms with van der Waals surface area (Å²) in [6.45, 7) is 4.24. The summed E-state index contributed by atoms with van der Waals surface area (Å²) in [4.78, 5) is 12.7. The SMILES string of the molecule is CCOc1cc(/C=N/NC(=O)C(C)N(c2ccccc2)S(C)(=O)=O)ccc1OCc1ccccc1. The Kier molecular flexibility index (Phi) is 8.86. The molecular weight excluding hydrogens is 466 g/mol. The summed E-state index contributed by atoms with van der Waals surface area (Å²) in [5, 5.41) is 4.00. The molecule has 0 aliphatic heterocycles. The molecule has 0 radical (unpaired) electrons. The van der Waals surface area contributed by atoms with E-state index in [4.69, 9.17) is 9.47 Å². The average Bonchev–Trinajstić information content (AvgIpc) is 2.84. The van der Waals surface area contributed by atoms with Crippen molar-refractivity contribution >= 4 is 27.8 Å². The van der Waals surface area contributed by atoms with Gasteiger partial charge in [-0.05, 0) is 55.3 Å². The van der Waals surface area contributed by atoms with E-state index in [2.05, 4.69) is 10.5 Å². The summed E-state index contributed by atoms with van der Waals surface area (Å²) in [5.41, 5.74) is 4.53. The van der Waals surface area contributed by atoms with Crippen molar-refractivity contribution < 1.29 is 22.7 Å². The fraction of sp³-hybridized carbons (Fsp3) is 0.231. The third-order valence-corrected chi connectivity index (χ3v) is 6.23. The molecule has 0 saturated heterocycles. The number of sulfonamides is 1. The van der Waals surface area contributed by atoms with Crippen molar-refractivity contribution in [1.29, 1.82) is 0 Å². The van der Waals surface area contributed by atoms with Gasteiger partial charge in [-0.15, -0.1) is 0 Å². The molecule has 0 heterocycles. The topological polar surface area (TPSA) is 97.3 Å². The van der Waals surface area contributed by atoms with Gasteiger partial charge in [-0.1, -0.05) is 48.5 Å². The molecule has 1 atom stereocenters. The minimum absolute atomic E-state index is 0.397. The lowest BCUT2D eigenvalue weighted by molar-refractivity contribution is -0.121. The third kappa shape index (κ3) is 7.31. The highest BCUT2D eigenvalue weighted by Gasteiger charge is 2.28. The smallest absolute Gasteiger partial charge is 0.263 e. The molecule has 0 spiro atoms. The second-order valence-corrected chi connectivity index (χ2v) is 9.58. The highest BCUT2D eigenvalue weighted by Crippen LogP contribution is 2.29. The number of benzene rings is 3. The zero-order valence-electron chi connectivity index (χ0n) is 19.9. The van der Waals surface area contributed by atoms with Crippen LogP contribution >= 0.6 is 0 Å². The molecule has 184 valence electrons. The molecular formula is C26H29N3O5S. The molecule has 35 heavy (non-hydrogen) atoms. The second-order valence-electron chi connectivity index (χ2n) is 7.72. The Bertz CT molecular complexity index is 1250. The van der Waals surface area contributed by atoms with Gasteiger partial charge in [0.05, 0.1) is 24.8 Å². The number of para-hydroxylation sites is 1. The molecule has 0 saturated carbocycles. The van der Waals surface area contributed by atoms with Crippen molar-refractivity contribution in [2.24, 2.45) is 5.10 Å². The minimum atomic E-state index is -3.69. The fourth-order valence-corrected chi connectivity index (χ4v) is 4.55. The van der Waals surface area contributed by atoms with Gasteiger partial charge in [-0.2, -0.15) is 5.10 Å². The molecule has 0 aliphatic rings. The number of amides is 1. The maximum absolute atomic E-state index is 12.7. The highest BCUT2D eigenvalue weighted by atomic mass is 32.2. The summed E-state index contributed by atoms with van der Waals surface area (Å²) in [6.07, 6.45) is 2.52. The average molecular weight is 496 g/mol. The van der Waals surface area contributed by atoms with Gasteiger partial charge in [0.25, 0.3) is 5.91 Å². The number of hydrogen-bond donors (Lipinski definition) is 1. The van der Waals surface area contributed by atoms with Gasteiger partial charge in [0.1, 0.15) is 12.6 Å². The molecule has 0 bridgehead atoms. The number of carbonyl (C=O) groups excluding carboxylic acids is 1. The number of anilines is 1. The van der Waals surface area contributed by atoms with Crippen LogP contribution in [0.2, 0.25) is 0 Å². The molecule has 1 unspecified atom stereocenters. The maximum atomic E-state index is 12.7. The van der Waals surface area contributed by atoms with Gasteiger partial charge in [0, 0.05) is 0 Å². The van der Waals surface area contributed by atoms with E-state index in [1.165, 1.54) is 13.1 Å². The van der Waals surface area contributed by atoms with Crippen molar-refractivity contribution in [2.45, 2.75) is 26.5 Å². The zero-order valence-corrected chi connectivity index (χ0v) is 20.7. The summed E-state index contributed by atoms with van der Waals surface area (Å²) in [5.74, 6) is 0.583.